The van der Waals surface area contributed by atoms with Crippen molar-refractivity contribution in [3.63, 3.8) is 0 Å². The fourth-order valence-corrected chi connectivity index (χ4v) is 1.97. The van der Waals surface area contributed by atoms with E-state index in [4.69, 9.17) is 9.15 Å². The third-order valence-corrected chi connectivity index (χ3v) is 3.17. The molecule has 24 heavy (non-hydrogen) atoms. The highest BCUT2D eigenvalue weighted by Crippen LogP contribution is 2.07. The number of rotatable bonds is 8. The van der Waals surface area contributed by atoms with Gasteiger partial charge in [-0.1, -0.05) is 18.2 Å². The first-order chi connectivity index (χ1) is 11.7. The summed E-state index contributed by atoms with van der Waals surface area (Å²) in [6.07, 6.45) is 3.67. The number of nitrogens with one attached hydrogen (secondary N) is 2. The molecule has 0 radical (unpaired) electrons. The summed E-state index contributed by atoms with van der Waals surface area (Å²) in [6.45, 7) is 0.997. The van der Waals surface area contributed by atoms with E-state index >= 15 is 0 Å². The maximum Gasteiger partial charge on any atom is 0.267 e. The Balaban J connectivity index is 2.08. The van der Waals surface area contributed by atoms with Gasteiger partial charge in [-0.05, 0) is 30.7 Å². The van der Waals surface area contributed by atoms with Crippen LogP contribution < -0.4 is 10.6 Å². The molecule has 0 saturated carbocycles. The number of amides is 2. The van der Waals surface area contributed by atoms with E-state index in [2.05, 4.69) is 10.6 Å². The molecule has 126 valence electrons. The number of carbonyl (C=O) groups excluding carboxylic acids is 2. The van der Waals surface area contributed by atoms with Crippen molar-refractivity contribution in [2.24, 2.45) is 0 Å². The van der Waals surface area contributed by atoms with Crippen LogP contribution in [0.25, 0.3) is 6.08 Å². The molecule has 0 atom stereocenters. The van der Waals surface area contributed by atoms with Gasteiger partial charge in [0.1, 0.15) is 11.5 Å². The highest BCUT2D eigenvalue weighted by molar-refractivity contribution is 6.05. The van der Waals surface area contributed by atoms with Crippen LogP contribution in [0.3, 0.4) is 0 Å². The van der Waals surface area contributed by atoms with Crippen molar-refractivity contribution in [2.75, 3.05) is 20.3 Å². The average molecular weight is 328 g/mol. The first-order valence-corrected chi connectivity index (χ1v) is 7.59. The molecular weight excluding hydrogens is 308 g/mol. The molecule has 2 aromatic rings. The number of hydrogen-bond acceptors (Lipinski definition) is 4. The van der Waals surface area contributed by atoms with E-state index in [0.717, 1.165) is 0 Å². The van der Waals surface area contributed by atoms with Gasteiger partial charge in [-0.2, -0.15) is 0 Å². The molecule has 0 aliphatic carbocycles. The smallest absolute Gasteiger partial charge is 0.267 e. The van der Waals surface area contributed by atoms with Crippen molar-refractivity contribution in [1.29, 1.82) is 0 Å². The minimum Gasteiger partial charge on any atom is -0.465 e. The van der Waals surface area contributed by atoms with E-state index in [0.29, 0.717) is 30.9 Å². The summed E-state index contributed by atoms with van der Waals surface area (Å²) in [4.78, 5) is 24.6. The van der Waals surface area contributed by atoms with Gasteiger partial charge in [0.25, 0.3) is 11.8 Å². The quantitative estimate of drug-likeness (QED) is 0.575. The van der Waals surface area contributed by atoms with Gasteiger partial charge in [0.2, 0.25) is 0 Å². The second kappa shape index (κ2) is 9.32. The molecule has 1 heterocycles. The van der Waals surface area contributed by atoms with E-state index in [1.807, 2.05) is 6.07 Å². The zero-order valence-electron chi connectivity index (χ0n) is 13.5. The van der Waals surface area contributed by atoms with Crippen LogP contribution in [0.2, 0.25) is 0 Å². The highest BCUT2D eigenvalue weighted by Gasteiger charge is 2.14. The Hall–Kier alpha value is -2.86. The first kappa shape index (κ1) is 17.5. The lowest BCUT2D eigenvalue weighted by Crippen LogP contribution is -2.35. The molecule has 6 heteroatoms. The summed E-state index contributed by atoms with van der Waals surface area (Å²) in [7, 11) is 1.60. The van der Waals surface area contributed by atoms with E-state index in [1.165, 1.54) is 12.3 Å². The third kappa shape index (κ3) is 5.40. The van der Waals surface area contributed by atoms with E-state index in [9.17, 15) is 9.59 Å². The zero-order chi connectivity index (χ0) is 17.2. The number of hydrogen-bond donors (Lipinski definition) is 2. The second-order valence-corrected chi connectivity index (χ2v) is 5.00. The zero-order valence-corrected chi connectivity index (χ0v) is 13.5. The normalized spacial score (nSPS) is 11.1. The predicted molar refractivity (Wildman–Crippen MR) is 90.1 cm³/mol. The van der Waals surface area contributed by atoms with Crippen LogP contribution in [0.5, 0.6) is 0 Å². The molecule has 1 aromatic carbocycles. The van der Waals surface area contributed by atoms with Crippen LogP contribution >= 0.6 is 0 Å². The molecule has 1 aromatic heterocycles. The number of carbonyl (C=O) groups is 2. The molecular formula is C18H20N2O4. The minimum absolute atomic E-state index is 0.121. The molecule has 2 rings (SSSR count). The van der Waals surface area contributed by atoms with E-state index < -0.39 is 0 Å². The van der Waals surface area contributed by atoms with Crippen molar-refractivity contribution in [1.82, 2.24) is 10.6 Å². The predicted octanol–water partition coefficient (Wildman–Crippen LogP) is 2.20. The number of methoxy groups -OCH3 is 1. The van der Waals surface area contributed by atoms with Crippen molar-refractivity contribution in [2.45, 2.75) is 6.42 Å². The first-order valence-electron chi connectivity index (χ1n) is 7.59. The van der Waals surface area contributed by atoms with Crippen molar-refractivity contribution >= 4 is 17.9 Å². The summed E-state index contributed by atoms with van der Waals surface area (Å²) in [5.41, 5.74) is 0.589. The van der Waals surface area contributed by atoms with E-state index in [-0.39, 0.29) is 17.5 Å². The molecule has 0 unspecified atom stereocenters. The fraction of sp³-hybridized carbons (Fsp3) is 0.222. The monoisotopic (exact) mass is 328 g/mol. The highest BCUT2D eigenvalue weighted by atomic mass is 16.5. The number of benzene rings is 1. The van der Waals surface area contributed by atoms with Crippen molar-refractivity contribution in [3.8, 4) is 0 Å². The van der Waals surface area contributed by atoms with Crippen LogP contribution in [0.4, 0.5) is 0 Å². The van der Waals surface area contributed by atoms with Gasteiger partial charge in [0.15, 0.2) is 0 Å². The lowest BCUT2D eigenvalue weighted by molar-refractivity contribution is -0.117. The standard InChI is InChI=1S/C18H20N2O4/c1-23-11-6-10-19-18(22)16(13-15-9-5-12-24-15)20-17(21)14-7-3-2-4-8-14/h2-5,7-9,12-13H,6,10-11H2,1H3,(H,19,22)(H,20,21). The Labute approximate surface area is 140 Å². The van der Waals surface area contributed by atoms with Crippen molar-refractivity contribution in [3.05, 3.63) is 65.7 Å². The van der Waals surface area contributed by atoms with Gasteiger partial charge < -0.3 is 19.8 Å². The molecule has 0 saturated heterocycles. The molecule has 0 aliphatic rings. The largest absolute Gasteiger partial charge is 0.465 e. The van der Waals surface area contributed by atoms with Crippen LogP contribution in [-0.2, 0) is 9.53 Å². The van der Waals surface area contributed by atoms with Crippen LogP contribution in [0.1, 0.15) is 22.5 Å². The summed E-state index contributed by atoms with van der Waals surface area (Å²) in [5, 5.41) is 5.37. The summed E-state index contributed by atoms with van der Waals surface area (Å²) in [5.74, 6) is -0.266. The lowest BCUT2D eigenvalue weighted by atomic mass is 10.2. The summed E-state index contributed by atoms with van der Waals surface area (Å²) < 4.78 is 10.2. The van der Waals surface area contributed by atoms with Crippen molar-refractivity contribution < 1.29 is 18.7 Å². The van der Waals surface area contributed by atoms with Crippen LogP contribution in [0.15, 0.2) is 58.8 Å². The molecule has 0 bridgehead atoms. The van der Waals surface area contributed by atoms with Gasteiger partial charge in [0.05, 0.1) is 6.26 Å². The van der Waals surface area contributed by atoms with Crippen LogP contribution in [0, 0.1) is 0 Å². The summed E-state index contributed by atoms with van der Waals surface area (Å²) in [6, 6.07) is 12.1. The van der Waals surface area contributed by atoms with Gasteiger partial charge in [-0.25, -0.2) is 0 Å². The Kier molecular flexibility index (Phi) is 6.79. The second-order valence-electron chi connectivity index (χ2n) is 5.00. The van der Waals surface area contributed by atoms with E-state index in [1.54, 1.807) is 43.5 Å². The fourth-order valence-electron chi connectivity index (χ4n) is 1.97. The minimum atomic E-state index is -0.383. The number of furan rings is 1. The summed E-state index contributed by atoms with van der Waals surface area (Å²) >= 11 is 0. The molecule has 0 aliphatic heterocycles. The third-order valence-electron chi connectivity index (χ3n) is 3.17. The molecule has 6 nitrogen and oxygen atoms in total. The SMILES string of the molecule is COCCCNC(=O)C(=Cc1ccco1)NC(=O)c1ccccc1. The Morgan fingerprint density at radius 1 is 1.17 bits per heavy atom. The Bertz CT molecular complexity index is 678. The van der Waals surface area contributed by atoms with Gasteiger partial charge >= 0.3 is 0 Å². The molecule has 0 fully saturated rings. The maximum atomic E-state index is 12.3. The Morgan fingerprint density at radius 3 is 2.62 bits per heavy atom. The van der Waals surface area contributed by atoms with Gasteiger partial charge in [-0.15, -0.1) is 0 Å². The van der Waals surface area contributed by atoms with Crippen LogP contribution in [-0.4, -0.2) is 32.1 Å². The molecule has 2 amide bonds. The lowest BCUT2D eigenvalue weighted by Gasteiger charge is -2.10. The maximum absolute atomic E-state index is 12.3. The average Bonchev–Trinajstić information content (AvgIpc) is 3.12. The van der Waals surface area contributed by atoms with Gasteiger partial charge in [0, 0.05) is 31.9 Å². The van der Waals surface area contributed by atoms with Gasteiger partial charge in [-0.3, -0.25) is 9.59 Å². The number of ether oxygens (including phenoxy) is 1. The molecule has 0 spiro atoms. The molecule has 2 N–H and O–H groups in total. The topological polar surface area (TPSA) is 80.6 Å². The Morgan fingerprint density at radius 2 is 1.96 bits per heavy atom.